The molecular weight excluding hydrogens is 547 g/mol. The second kappa shape index (κ2) is 7.77. The molecule has 0 aliphatic carbocycles. The molecule has 4 nitrogen and oxygen atoms in total. The Balaban J connectivity index is 2.57. The molecule has 16 heavy (non-hydrogen) atoms. The first-order chi connectivity index (χ1) is 7.65. The number of ether oxygens (including phenoxy) is 1. The number of hydrogen-bond donors (Lipinski definition) is 0. The third kappa shape index (κ3) is 4.80. The monoisotopic (exact) mass is 555 g/mol. The van der Waals surface area contributed by atoms with Gasteiger partial charge in [0.15, 0.2) is 0 Å². The van der Waals surface area contributed by atoms with Crippen LogP contribution >= 0.6 is 67.8 Å². The highest BCUT2D eigenvalue weighted by Gasteiger charge is 2.07. The van der Waals surface area contributed by atoms with Crippen molar-refractivity contribution in [1.29, 1.82) is 0 Å². The summed E-state index contributed by atoms with van der Waals surface area (Å²) in [6.45, 7) is 1.06. The number of hydrogen-bond acceptors (Lipinski definition) is 2. The number of halogens is 3. The first kappa shape index (κ1) is 14.6. The summed E-state index contributed by atoms with van der Waals surface area (Å²) in [6.07, 6.45) is 0.738. The van der Waals surface area contributed by atoms with Crippen LogP contribution in [0.2, 0.25) is 0 Å². The van der Waals surface area contributed by atoms with Crippen LogP contribution in [-0.2, 0) is 0 Å². The van der Waals surface area contributed by atoms with E-state index in [9.17, 15) is 0 Å². The van der Waals surface area contributed by atoms with Gasteiger partial charge in [0, 0.05) is 15.0 Å². The summed E-state index contributed by atoms with van der Waals surface area (Å²) in [5.41, 5.74) is 8.12. The van der Waals surface area contributed by atoms with Crippen LogP contribution in [0.25, 0.3) is 10.4 Å². The molecule has 0 heterocycles. The van der Waals surface area contributed by atoms with Crippen LogP contribution < -0.4 is 4.74 Å². The fraction of sp³-hybridized carbons (Fsp3) is 0.333. The van der Waals surface area contributed by atoms with Gasteiger partial charge in [0.25, 0.3) is 0 Å². The van der Waals surface area contributed by atoms with Crippen LogP contribution in [0.1, 0.15) is 6.42 Å². The van der Waals surface area contributed by atoms with Crippen molar-refractivity contribution in [1.82, 2.24) is 0 Å². The molecule has 86 valence electrons. The average Bonchev–Trinajstić information content (AvgIpc) is 2.20. The van der Waals surface area contributed by atoms with Gasteiger partial charge in [-0.25, -0.2) is 0 Å². The molecule has 0 aliphatic heterocycles. The Morgan fingerprint density at radius 2 is 1.88 bits per heavy atom. The molecular formula is C9H8I3N3O. The van der Waals surface area contributed by atoms with Gasteiger partial charge in [-0.2, -0.15) is 0 Å². The number of nitrogens with zero attached hydrogens (tertiary/aromatic N) is 3. The van der Waals surface area contributed by atoms with Crippen LogP contribution in [0.3, 0.4) is 0 Å². The number of rotatable bonds is 5. The zero-order valence-corrected chi connectivity index (χ0v) is 14.6. The van der Waals surface area contributed by atoms with Gasteiger partial charge in [0.2, 0.25) is 0 Å². The summed E-state index contributed by atoms with van der Waals surface area (Å²) in [7, 11) is 0. The summed E-state index contributed by atoms with van der Waals surface area (Å²) in [5.74, 6) is 0.919. The maximum absolute atomic E-state index is 8.12. The lowest BCUT2D eigenvalue weighted by atomic mass is 10.3. The van der Waals surface area contributed by atoms with Crippen molar-refractivity contribution in [3.63, 3.8) is 0 Å². The predicted molar refractivity (Wildman–Crippen MR) is 88.7 cm³/mol. The van der Waals surface area contributed by atoms with Gasteiger partial charge in [-0.05, 0) is 91.9 Å². The molecule has 1 aromatic carbocycles. The van der Waals surface area contributed by atoms with Crippen molar-refractivity contribution < 1.29 is 4.74 Å². The first-order valence-corrected chi connectivity index (χ1v) is 7.67. The Hall–Kier alpha value is 0.520. The molecule has 0 atom stereocenters. The molecule has 0 saturated heterocycles. The zero-order chi connectivity index (χ0) is 12.0. The summed E-state index contributed by atoms with van der Waals surface area (Å²) in [6, 6.07) is 4.15. The van der Waals surface area contributed by atoms with Crippen LogP contribution in [0, 0.1) is 10.7 Å². The van der Waals surface area contributed by atoms with Gasteiger partial charge in [0.05, 0.1) is 13.7 Å². The van der Waals surface area contributed by atoms with Crippen molar-refractivity contribution in [2.45, 2.75) is 6.42 Å². The fourth-order valence-corrected chi connectivity index (χ4v) is 4.92. The van der Waals surface area contributed by atoms with E-state index in [1.807, 2.05) is 0 Å². The molecule has 0 saturated carbocycles. The van der Waals surface area contributed by atoms with Gasteiger partial charge < -0.3 is 4.74 Å². The molecule has 0 bridgehead atoms. The van der Waals surface area contributed by atoms with E-state index < -0.39 is 0 Å². The standard InChI is InChI=1S/C9H8I3N3O/c10-6-4-7(11)9(8(12)5-6)16-3-1-2-14-15-13/h4-5H,1-3H2. The van der Waals surface area contributed by atoms with E-state index >= 15 is 0 Å². The van der Waals surface area contributed by atoms with Crippen molar-refractivity contribution >= 4 is 67.8 Å². The predicted octanol–water partition coefficient (Wildman–Crippen LogP) is 4.58. The normalized spacial score (nSPS) is 9.69. The highest BCUT2D eigenvalue weighted by molar-refractivity contribution is 14.1. The molecule has 1 aromatic rings. The van der Waals surface area contributed by atoms with Crippen molar-refractivity contribution in [2.75, 3.05) is 13.2 Å². The third-order valence-corrected chi connectivity index (χ3v) is 3.90. The largest absolute Gasteiger partial charge is 0.491 e. The lowest BCUT2D eigenvalue weighted by Gasteiger charge is -2.10. The molecule has 0 unspecified atom stereocenters. The fourth-order valence-electron chi connectivity index (χ4n) is 1.02. The zero-order valence-electron chi connectivity index (χ0n) is 8.16. The van der Waals surface area contributed by atoms with Gasteiger partial charge in [-0.3, -0.25) is 0 Å². The van der Waals surface area contributed by atoms with Crippen molar-refractivity contribution in [2.24, 2.45) is 5.11 Å². The van der Waals surface area contributed by atoms with E-state index in [4.69, 9.17) is 10.3 Å². The molecule has 0 N–H and O–H groups in total. The van der Waals surface area contributed by atoms with Gasteiger partial charge in [-0.1, -0.05) is 5.11 Å². The van der Waals surface area contributed by atoms with Crippen LogP contribution in [0.5, 0.6) is 5.75 Å². The summed E-state index contributed by atoms with van der Waals surface area (Å²) in [4.78, 5) is 2.69. The Kier molecular flexibility index (Phi) is 7.08. The second-order valence-corrected chi connectivity index (χ2v) is 6.43. The first-order valence-electron chi connectivity index (χ1n) is 4.43. The lowest BCUT2D eigenvalue weighted by Crippen LogP contribution is -2.02. The van der Waals surface area contributed by atoms with E-state index in [1.54, 1.807) is 0 Å². The summed E-state index contributed by atoms with van der Waals surface area (Å²) in [5, 5.41) is 3.46. The van der Waals surface area contributed by atoms with E-state index in [-0.39, 0.29) is 0 Å². The molecule has 1 rings (SSSR count). The number of azide groups is 1. The highest BCUT2D eigenvalue weighted by atomic mass is 127. The Labute approximate surface area is 135 Å². The minimum Gasteiger partial charge on any atom is -0.491 e. The quantitative estimate of drug-likeness (QED) is 0.173. The number of benzene rings is 1. The van der Waals surface area contributed by atoms with Crippen LogP contribution in [0.15, 0.2) is 17.2 Å². The average molecular weight is 555 g/mol. The molecule has 0 aliphatic rings. The van der Waals surface area contributed by atoms with Gasteiger partial charge in [0.1, 0.15) is 5.75 Å². The topological polar surface area (TPSA) is 58.0 Å². The third-order valence-electron chi connectivity index (χ3n) is 1.68. The molecule has 7 heteroatoms. The summed E-state index contributed by atoms with van der Waals surface area (Å²) >= 11 is 6.81. The highest BCUT2D eigenvalue weighted by Crippen LogP contribution is 2.29. The molecule has 0 spiro atoms. The second-order valence-electron chi connectivity index (χ2n) is 2.86. The maximum atomic E-state index is 8.12. The Morgan fingerprint density at radius 3 is 2.44 bits per heavy atom. The Morgan fingerprint density at radius 1 is 1.25 bits per heavy atom. The minimum absolute atomic E-state index is 0.480. The SMILES string of the molecule is [N-]=[N+]=NCCCOc1c(I)cc(I)cc1I. The van der Waals surface area contributed by atoms with Crippen LogP contribution in [0.4, 0.5) is 0 Å². The van der Waals surface area contributed by atoms with Crippen molar-refractivity contribution in [3.05, 3.63) is 33.3 Å². The van der Waals surface area contributed by atoms with Crippen LogP contribution in [-0.4, -0.2) is 13.2 Å². The van der Waals surface area contributed by atoms with Crippen molar-refractivity contribution in [3.8, 4) is 5.75 Å². The Bertz CT molecular complexity index is 395. The molecule has 0 fully saturated rings. The maximum Gasteiger partial charge on any atom is 0.145 e. The molecule has 0 aromatic heterocycles. The summed E-state index contributed by atoms with van der Waals surface area (Å²) < 4.78 is 9.09. The van der Waals surface area contributed by atoms with Gasteiger partial charge in [-0.15, -0.1) is 0 Å². The molecule has 0 radical (unpaired) electrons. The smallest absolute Gasteiger partial charge is 0.145 e. The van der Waals surface area contributed by atoms with Gasteiger partial charge >= 0.3 is 0 Å². The van der Waals surface area contributed by atoms with E-state index in [0.29, 0.717) is 13.2 Å². The van der Waals surface area contributed by atoms with E-state index in [1.165, 1.54) is 3.57 Å². The van der Waals surface area contributed by atoms with E-state index in [2.05, 4.69) is 89.9 Å². The lowest BCUT2D eigenvalue weighted by molar-refractivity contribution is 0.309. The molecule has 0 amide bonds. The van der Waals surface area contributed by atoms with E-state index in [0.717, 1.165) is 19.3 Å². The minimum atomic E-state index is 0.480.